The first-order chi connectivity index (χ1) is 21.0. The van der Waals surface area contributed by atoms with Crippen molar-refractivity contribution in [1.82, 2.24) is 10.6 Å². The summed E-state index contributed by atoms with van der Waals surface area (Å²) in [6.07, 6.45) is -1.59. The highest BCUT2D eigenvalue weighted by atomic mass is 35.5. The molecule has 0 heterocycles. The van der Waals surface area contributed by atoms with E-state index in [-0.39, 0.29) is 37.4 Å². The topological polar surface area (TPSA) is 105 Å². The fraction of sp³-hybridized carbons (Fsp3) is 0.294. The third-order valence-electron chi connectivity index (χ3n) is 6.95. The quantitative estimate of drug-likeness (QED) is 0.0928. The van der Waals surface area contributed by atoms with Gasteiger partial charge in [0.25, 0.3) is 0 Å². The lowest BCUT2D eigenvalue weighted by Gasteiger charge is -2.28. The number of rotatable bonds is 12. The summed E-state index contributed by atoms with van der Waals surface area (Å²) >= 11 is 23.9. The van der Waals surface area contributed by atoms with Crippen molar-refractivity contribution >= 4 is 46.4 Å². The van der Waals surface area contributed by atoms with Gasteiger partial charge in [-0.05, 0) is 84.6 Å². The predicted octanol–water partition coefficient (Wildman–Crippen LogP) is 7.48. The summed E-state index contributed by atoms with van der Waals surface area (Å²) < 4.78 is 0. The van der Waals surface area contributed by atoms with Crippen molar-refractivity contribution in [1.29, 1.82) is 0 Å². The molecule has 4 aromatic rings. The summed E-state index contributed by atoms with van der Waals surface area (Å²) in [7, 11) is 0. The number of halogens is 4. The number of aliphatic hydroxyl groups is 4. The first kappa shape index (κ1) is 36.3. The lowest BCUT2D eigenvalue weighted by molar-refractivity contribution is 0.114. The van der Waals surface area contributed by atoms with Crippen LogP contribution in [0.1, 0.15) is 60.4 Å². The van der Waals surface area contributed by atoms with E-state index in [1.807, 2.05) is 50.2 Å². The van der Waals surface area contributed by atoms with E-state index in [9.17, 15) is 20.4 Å². The molecule has 0 unspecified atom stereocenters. The zero-order valence-corrected chi connectivity index (χ0v) is 27.4. The van der Waals surface area contributed by atoms with Crippen LogP contribution in [0.25, 0.3) is 0 Å². The van der Waals surface area contributed by atoms with Gasteiger partial charge in [-0.2, -0.15) is 0 Å². The normalized spacial score (nSPS) is 15.3. The Morgan fingerprint density at radius 1 is 0.500 bits per heavy atom. The molecule has 0 saturated heterocycles. The van der Waals surface area contributed by atoms with E-state index in [2.05, 4.69) is 10.6 Å². The maximum atomic E-state index is 10.7. The second-order valence-corrected chi connectivity index (χ2v) is 12.3. The SMILES string of the molecule is C[C@@H](CO)N[C@H](c1ccc(Cl)cc1)[C@H](O)c1cccc(Cl)c1.C[C@H](CO)N[C@H](c1ccc(Cl)cc1)[C@H](O)c1cccc(Cl)c1. The number of aliphatic hydroxyl groups excluding tert-OH is 4. The highest BCUT2D eigenvalue weighted by Crippen LogP contribution is 2.32. The molecule has 0 aliphatic rings. The summed E-state index contributed by atoms with van der Waals surface area (Å²) in [6, 6.07) is 27.7. The van der Waals surface area contributed by atoms with Crippen molar-refractivity contribution in [3.63, 3.8) is 0 Å². The van der Waals surface area contributed by atoms with Crippen LogP contribution in [0.4, 0.5) is 0 Å². The molecule has 0 spiro atoms. The molecule has 0 aliphatic carbocycles. The molecule has 0 bridgehead atoms. The van der Waals surface area contributed by atoms with Gasteiger partial charge in [0.1, 0.15) is 0 Å². The monoisotopic (exact) mass is 678 g/mol. The molecular formula is C34H38Cl4N2O4. The van der Waals surface area contributed by atoms with Gasteiger partial charge >= 0.3 is 0 Å². The van der Waals surface area contributed by atoms with E-state index < -0.39 is 12.2 Å². The predicted molar refractivity (Wildman–Crippen MR) is 181 cm³/mol. The highest BCUT2D eigenvalue weighted by Gasteiger charge is 2.25. The van der Waals surface area contributed by atoms with Gasteiger partial charge in [-0.3, -0.25) is 0 Å². The molecule has 236 valence electrons. The van der Waals surface area contributed by atoms with Gasteiger partial charge in [-0.25, -0.2) is 0 Å². The average Bonchev–Trinajstić information content (AvgIpc) is 3.03. The van der Waals surface area contributed by atoms with E-state index in [0.717, 1.165) is 11.1 Å². The minimum atomic E-state index is -0.797. The first-order valence-electron chi connectivity index (χ1n) is 14.1. The molecule has 0 aliphatic heterocycles. The largest absolute Gasteiger partial charge is 0.395 e. The third-order valence-corrected chi connectivity index (χ3v) is 7.92. The molecule has 44 heavy (non-hydrogen) atoms. The van der Waals surface area contributed by atoms with Gasteiger partial charge in [0, 0.05) is 32.2 Å². The van der Waals surface area contributed by atoms with Crippen LogP contribution in [0.15, 0.2) is 97.1 Å². The zero-order chi connectivity index (χ0) is 32.2. The Kier molecular flexibility index (Phi) is 14.9. The van der Waals surface area contributed by atoms with Crippen LogP contribution >= 0.6 is 46.4 Å². The Hall–Kier alpha value is -2.20. The maximum absolute atomic E-state index is 10.7. The van der Waals surface area contributed by atoms with E-state index in [1.54, 1.807) is 60.7 Å². The Labute approximate surface area is 279 Å². The Morgan fingerprint density at radius 3 is 1.14 bits per heavy atom. The van der Waals surface area contributed by atoms with Gasteiger partial charge < -0.3 is 31.1 Å². The van der Waals surface area contributed by atoms with Gasteiger partial charge in [-0.1, -0.05) is 94.9 Å². The average molecular weight is 681 g/mol. The van der Waals surface area contributed by atoms with Crippen molar-refractivity contribution in [2.45, 2.75) is 50.2 Å². The van der Waals surface area contributed by atoms with Crippen LogP contribution in [0.5, 0.6) is 0 Å². The van der Waals surface area contributed by atoms with E-state index >= 15 is 0 Å². The number of hydrogen-bond donors (Lipinski definition) is 6. The van der Waals surface area contributed by atoms with Crippen LogP contribution in [0.2, 0.25) is 20.1 Å². The minimum absolute atomic E-state index is 0.0215. The molecule has 6 atom stereocenters. The van der Waals surface area contributed by atoms with Gasteiger partial charge in [0.05, 0.1) is 37.5 Å². The Balaban J connectivity index is 0.000000240. The summed E-state index contributed by atoms with van der Waals surface area (Å²) in [5.74, 6) is 0. The smallest absolute Gasteiger partial charge is 0.0985 e. The third kappa shape index (κ3) is 11.0. The molecule has 0 fully saturated rings. The van der Waals surface area contributed by atoms with Gasteiger partial charge in [0.15, 0.2) is 0 Å². The molecule has 0 radical (unpaired) electrons. The number of hydrogen-bond acceptors (Lipinski definition) is 6. The van der Waals surface area contributed by atoms with Crippen molar-refractivity contribution in [2.75, 3.05) is 13.2 Å². The molecule has 0 amide bonds. The van der Waals surface area contributed by atoms with E-state index in [0.29, 0.717) is 31.2 Å². The van der Waals surface area contributed by atoms with Crippen molar-refractivity contribution in [2.24, 2.45) is 0 Å². The highest BCUT2D eigenvalue weighted by molar-refractivity contribution is 6.31. The minimum Gasteiger partial charge on any atom is -0.395 e. The molecule has 0 aromatic heterocycles. The lowest BCUT2D eigenvalue weighted by atomic mass is 9.95. The standard InChI is InChI=1S/2C17H19Cl2NO2/c2*1-11(10-21)20-16(12-5-7-14(18)8-6-12)17(22)13-3-2-4-15(19)9-13/h2*2-9,11,16-17,20-22H,10H2,1H3/t11-,16+,17+;11-,16-,17-/m01/s1. The Bertz CT molecular complexity index is 1320. The van der Waals surface area contributed by atoms with Crippen LogP contribution < -0.4 is 10.6 Å². The summed E-state index contributed by atoms with van der Waals surface area (Å²) in [4.78, 5) is 0. The second-order valence-electron chi connectivity index (χ2n) is 10.6. The molecule has 0 saturated carbocycles. The van der Waals surface area contributed by atoms with Gasteiger partial charge in [-0.15, -0.1) is 0 Å². The fourth-order valence-corrected chi connectivity index (χ4v) is 5.21. The summed E-state index contributed by atoms with van der Waals surface area (Å²) in [6.45, 7) is 3.67. The van der Waals surface area contributed by atoms with Crippen molar-refractivity contribution < 1.29 is 20.4 Å². The Morgan fingerprint density at radius 2 is 0.841 bits per heavy atom. The van der Waals surface area contributed by atoms with Crippen LogP contribution in [-0.2, 0) is 0 Å². The summed E-state index contributed by atoms with van der Waals surface area (Å²) in [5, 5.41) is 48.9. The van der Waals surface area contributed by atoms with Crippen molar-refractivity contribution in [3.05, 3.63) is 139 Å². The van der Waals surface area contributed by atoms with E-state index in [4.69, 9.17) is 46.4 Å². The molecular weight excluding hydrogens is 642 g/mol. The first-order valence-corrected chi connectivity index (χ1v) is 15.6. The zero-order valence-electron chi connectivity index (χ0n) is 24.4. The molecule has 6 nitrogen and oxygen atoms in total. The second kappa shape index (κ2) is 18.1. The van der Waals surface area contributed by atoms with Crippen LogP contribution in [0, 0.1) is 0 Å². The molecule has 4 aromatic carbocycles. The maximum Gasteiger partial charge on any atom is 0.0985 e. The van der Waals surface area contributed by atoms with Crippen LogP contribution in [-0.4, -0.2) is 45.7 Å². The number of benzene rings is 4. The van der Waals surface area contributed by atoms with Crippen LogP contribution in [0.3, 0.4) is 0 Å². The van der Waals surface area contributed by atoms with Crippen molar-refractivity contribution in [3.8, 4) is 0 Å². The van der Waals surface area contributed by atoms with Gasteiger partial charge in [0.2, 0.25) is 0 Å². The fourth-order valence-electron chi connectivity index (χ4n) is 4.56. The number of nitrogens with one attached hydrogen (secondary N) is 2. The molecule has 6 N–H and O–H groups in total. The molecule has 4 rings (SSSR count). The van der Waals surface area contributed by atoms with E-state index in [1.165, 1.54) is 0 Å². The molecule has 10 heteroatoms. The summed E-state index contributed by atoms with van der Waals surface area (Å²) in [5.41, 5.74) is 3.20. The lowest BCUT2D eigenvalue weighted by Crippen LogP contribution is -2.36.